The Hall–Kier alpha value is -1.60. The zero-order chi connectivity index (χ0) is 14.3. The minimum atomic E-state index is -4.32. The van der Waals surface area contributed by atoms with E-state index in [-0.39, 0.29) is 0 Å². The van der Waals surface area contributed by atoms with Crippen molar-refractivity contribution in [1.82, 2.24) is 5.32 Å². The molecule has 4 nitrogen and oxygen atoms in total. The van der Waals surface area contributed by atoms with Crippen molar-refractivity contribution in [1.29, 1.82) is 0 Å². The van der Waals surface area contributed by atoms with E-state index < -0.39 is 25.2 Å². The van der Waals surface area contributed by atoms with Crippen LogP contribution in [0.25, 0.3) is 0 Å². The smallest absolute Gasteiger partial charge is 0.380 e. The van der Waals surface area contributed by atoms with E-state index in [1.54, 1.807) is 25.3 Å². The minimum absolute atomic E-state index is 0.395. The zero-order valence-electron chi connectivity index (χ0n) is 10.4. The Morgan fingerprint density at radius 3 is 2.74 bits per heavy atom. The van der Waals surface area contributed by atoms with Gasteiger partial charge in [0.15, 0.2) is 0 Å². The summed E-state index contributed by atoms with van der Waals surface area (Å²) in [5, 5.41) is 4.53. The topological polar surface area (TPSA) is 50.4 Å². The minimum Gasteiger partial charge on any atom is -0.380 e. The third-order valence-corrected chi connectivity index (χ3v) is 2.13. The van der Waals surface area contributed by atoms with Crippen molar-refractivity contribution < 1.29 is 22.7 Å². The van der Waals surface area contributed by atoms with Crippen molar-refractivity contribution in [2.45, 2.75) is 12.8 Å². The molecule has 0 aliphatic heterocycles. The summed E-state index contributed by atoms with van der Waals surface area (Å²) < 4.78 is 40.5. The third kappa shape index (κ3) is 6.78. The van der Waals surface area contributed by atoms with Crippen LogP contribution in [0.3, 0.4) is 0 Å². The molecule has 0 radical (unpaired) electrons. The number of hydrogen-bond donors (Lipinski definition) is 2. The first-order valence-electron chi connectivity index (χ1n) is 5.56. The van der Waals surface area contributed by atoms with E-state index >= 15 is 0 Å². The number of alkyl halides is 3. The molecule has 0 fully saturated rings. The maximum atomic E-state index is 11.9. The van der Waals surface area contributed by atoms with Crippen molar-refractivity contribution in [3.63, 3.8) is 0 Å². The van der Waals surface area contributed by atoms with Gasteiger partial charge in [0.2, 0.25) is 5.91 Å². The highest BCUT2D eigenvalue weighted by Crippen LogP contribution is 2.12. The Kier molecular flexibility index (Phi) is 5.78. The lowest BCUT2D eigenvalue weighted by molar-refractivity contribution is -0.126. The summed E-state index contributed by atoms with van der Waals surface area (Å²) in [6.07, 6.45) is -4.32. The number of carbonyl (C=O) groups is 1. The third-order valence-electron chi connectivity index (χ3n) is 2.13. The van der Waals surface area contributed by atoms with E-state index in [9.17, 15) is 18.0 Å². The van der Waals surface area contributed by atoms with Crippen LogP contribution in [0.1, 0.15) is 5.56 Å². The fourth-order valence-electron chi connectivity index (χ4n) is 1.43. The van der Waals surface area contributed by atoms with Crippen LogP contribution in [0.2, 0.25) is 0 Å². The molecule has 0 spiro atoms. The lowest BCUT2D eigenvalue weighted by Gasteiger charge is -2.09. The molecule has 1 aromatic rings. The van der Waals surface area contributed by atoms with Gasteiger partial charge < -0.3 is 15.4 Å². The first kappa shape index (κ1) is 15.5. The fraction of sp³-hybridized carbons (Fsp3) is 0.417. The van der Waals surface area contributed by atoms with Crippen molar-refractivity contribution in [2.75, 3.05) is 25.5 Å². The van der Waals surface area contributed by atoms with Crippen LogP contribution >= 0.6 is 0 Å². The van der Waals surface area contributed by atoms with Gasteiger partial charge in [-0.1, -0.05) is 12.1 Å². The van der Waals surface area contributed by atoms with Crippen molar-refractivity contribution in [2.24, 2.45) is 0 Å². The molecule has 0 heterocycles. The van der Waals surface area contributed by atoms with Gasteiger partial charge in [0, 0.05) is 12.8 Å². The number of nitrogens with one attached hydrogen (secondary N) is 2. The largest absolute Gasteiger partial charge is 0.401 e. The molecule has 2 N–H and O–H groups in total. The van der Waals surface area contributed by atoms with Crippen LogP contribution < -0.4 is 10.6 Å². The molecular formula is C12H15F3N2O2. The molecule has 19 heavy (non-hydrogen) atoms. The molecule has 0 bridgehead atoms. The number of hydrogen-bond acceptors (Lipinski definition) is 3. The molecule has 0 saturated heterocycles. The SMILES string of the molecule is COCc1cccc(NC(=O)CNCC(F)(F)F)c1. The molecule has 1 aromatic carbocycles. The second kappa shape index (κ2) is 7.10. The van der Waals surface area contributed by atoms with Crippen LogP contribution in [0.5, 0.6) is 0 Å². The van der Waals surface area contributed by atoms with Crippen LogP contribution in [0.4, 0.5) is 18.9 Å². The maximum absolute atomic E-state index is 11.9. The number of anilines is 1. The standard InChI is InChI=1S/C12H15F3N2O2/c1-19-7-9-3-2-4-10(5-9)17-11(18)6-16-8-12(13,14)15/h2-5,16H,6-8H2,1H3,(H,17,18). The first-order valence-corrected chi connectivity index (χ1v) is 5.56. The average molecular weight is 276 g/mol. The summed E-state index contributed by atoms with van der Waals surface area (Å²) in [5.74, 6) is -0.529. The van der Waals surface area contributed by atoms with E-state index in [1.165, 1.54) is 0 Å². The van der Waals surface area contributed by atoms with Gasteiger partial charge in [-0.2, -0.15) is 13.2 Å². The Balaban J connectivity index is 2.41. The second-order valence-electron chi connectivity index (χ2n) is 3.90. The van der Waals surface area contributed by atoms with E-state index in [0.29, 0.717) is 12.3 Å². The number of carbonyl (C=O) groups excluding carboxylic acids is 1. The predicted molar refractivity (Wildman–Crippen MR) is 64.7 cm³/mol. The molecule has 0 aliphatic rings. The predicted octanol–water partition coefficient (Wildman–Crippen LogP) is 1.92. The number of rotatable bonds is 6. The molecule has 0 aliphatic carbocycles. The van der Waals surface area contributed by atoms with E-state index in [0.717, 1.165) is 5.56 Å². The van der Waals surface area contributed by atoms with Gasteiger partial charge in [0.25, 0.3) is 0 Å². The van der Waals surface area contributed by atoms with Gasteiger partial charge in [0.1, 0.15) is 0 Å². The van der Waals surface area contributed by atoms with Crippen molar-refractivity contribution in [3.8, 4) is 0 Å². The van der Waals surface area contributed by atoms with Gasteiger partial charge in [-0.15, -0.1) is 0 Å². The molecule has 0 aromatic heterocycles. The highest BCUT2D eigenvalue weighted by Gasteiger charge is 2.26. The van der Waals surface area contributed by atoms with Crippen LogP contribution in [0, 0.1) is 0 Å². The van der Waals surface area contributed by atoms with Gasteiger partial charge in [-0.05, 0) is 17.7 Å². The molecule has 0 unspecified atom stereocenters. The first-order chi connectivity index (χ1) is 8.90. The number of amides is 1. The molecular weight excluding hydrogens is 261 g/mol. The highest BCUT2D eigenvalue weighted by molar-refractivity contribution is 5.92. The number of halogens is 3. The number of ether oxygens (including phenoxy) is 1. The molecule has 0 saturated carbocycles. The molecule has 1 amide bonds. The number of methoxy groups -OCH3 is 1. The van der Waals surface area contributed by atoms with E-state index in [4.69, 9.17) is 4.74 Å². The monoisotopic (exact) mass is 276 g/mol. The summed E-state index contributed by atoms with van der Waals surface area (Å²) in [6.45, 7) is -1.19. The lowest BCUT2D eigenvalue weighted by atomic mass is 10.2. The van der Waals surface area contributed by atoms with Gasteiger partial charge in [0.05, 0.1) is 19.7 Å². The van der Waals surface area contributed by atoms with Gasteiger partial charge in [-0.3, -0.25) is 4.79 Å². The summed E-state index contributed by atoms with van der Waals surface area (Å²) in [4.78, 5) is 11.4. The van der Waals surface area contributed by atoms with Gasteiger partial charge >= 0.3 is 6.18 Å². The molecule has 7 heteroatoms. The molecule has 0 atom stereocenters. The van der Waals surface area contributed by atoms with Crippen molar-refractivity contribution in [3.05, 3.63) is 29.8 Å². The van der Waals surface area contributed by atoms with E-state index in [2.05, 4.69) is 5.32 Å². The summed E-state index contributed by atoms with van der Waals surface area (Å²) in [6, 6.07) is 6.90. The lowest BCUT2D eigenvalue weighted by Crippen LogP contribution is -2.35. The fourth-order valence-corrected chi connectivity index (χ4v) is 1.43. The summed E-state index contributed by atoms with van der Waals surface area (Å²) in [5.41, 5.74) is 1.39. The van der Waals surface area contributed by atoms with Crippen LogP contribution in [0.15, 0.2) is 24.3 Å². The summed E-state index contributed by atoms with van der Waals surface area (Å²) >= 11 is 0. The Bertz CT molecular complexity index is 422. The quantitative estimate of drug-likeness (QED) is 0.834. The van der Waals surface area contributed by atoms with Gasteiger partial charge in [-0.25, -0.2) is 0 Å². The average Bonchev–Trinajstić information content (AvgIpc) is 2.28. The molecule has 106 valence electrons. The number of benzene rings is 1. The Morgan fingerprint density at radius 1 is 1.37 bits per heavy atom. The maximum Gasteiger partial charge on any atom is 0.401 e. The van der Waals surface area contributed by atoms with Crippen LogP contribution in [-0.4, -0.2) is 32.3 Å². The Labute approximate surface area is 108 Å². The van der Waals surface area contributed by atoms with Crippen LogP contribution in [-0.2, 0) is 16.1 Å². The zero-order valence-corrected chi connectivity index (χ0v) is 10.4. The molecule has 1 rings (SSSR count). The van der Waals surface area contributed by atoms with E-state index in [1.807, 2.05) is 11.4 Å². The Morgan fingerprint density at radius 2 is 2.11 bits per heavy atom. The highest BCUT2D eigenvalue weighted by atomic mass is 19.4. The normalized spacial score (nSPS) is 11.4. The second-order valence-corrected chi connectivity index (χ2v) is 3.90. The van der Waals surface area contributed by atoms with Crippen molar-refractivity contribution >= 4 is 11.6 Å². The summed E-state index contributed by atoms with van der Waals surface area (Å²) in [7, 11) is 1.55.